The topological polar surface area (TPSA) is 49.3 Å². The van der Waals surface area contributed by atoms with Crippen molar-refractivity contribution in [1.29, 1.82) is 0 Å². The molecule has 0 saturated heterocycles. The summed E-state index contributed by atoms with van der Waals surface area (Å²) in [5.74, 6) is 4.98. The maximum Gasteiger partial charge on any atom is 0.296 e. The molecule has 3 nitrogen and oxygen atoms in total. The van der Waals surface area contributed by atoms with Crippen molar-refractivity contribution in [3.63, 3.8) is 0 Å². The first-order valence-corrected chi connectivity index (χ1v) is 4.46. The number of aliphatic hydroxyl groups is 1. The third kappa shape index (κ3) is 5.26. The van der Waals surface area contributed by atoms with Crippen molar-refractivity contribution in [2.24, 2.45) is 5.92 Å². The van der Waals surface area contributed by atoms with Crippen molar-refractivity contribution in [2.75, 3.05) is 6.61 Å². The highest BCUT2D eigenvalue weighted by Gasteiger charge is 2.13. The largest absolute Gasteiger partial charge is 0.396 e. The van der Waals surface area contributed by atoms with E-state index in [2.05, 4.69) is 17.2 Å². The van der Waals surface area contributed by atoms with E-state index in [1.165, 1.54) is 0 Å². The van der Waals surface area contributed by atoms with Crippen LogP contribution in [-0.4, -0.2) is 23.7 Å². The molecule has 2 N–H and O–H groups in total. The molecule has 0 bridgehead atoms. The minimum Gasteiger partial charge on any atom is -0.396 e. The molecule has 74 valence electrons. The number of amides is 1. The van der Waals surface area contributed by atoms with Gasteiger partial charge in [-0.1, -0.05) is 19.8 Å². The summed E-state index contributed by atoms with van der Waals surface area (Å²) in [5.41, 5.74) is 0. The highest BCUT2D eigenvalue weighted by atomic mass is 16.3. The molecule has 0 aromatic heterocycles. The van der Waals surface area contributed by atoms with Crippen LogP contribution >= 0.6 is 0 Å². The quantitative estimate of drug-likeness (QED) is 0.625. The smallest absolute Gasteiger partial charge is 0.296 e. The van der Waals surface area contributed by atoms with Gasteiger partial charge in [0.15, 0.2) is 0 Å². The summed E-state index contributed by atoms with van der Waals surface area (Å²) in [6, 6.07) is 0.0124. The molecule has 0 saturated carbocycles. The molecule has 0 aliphatic carbocycles. The number of nitrogens with one attached hydrogen (secondary N) is 1. The predicted molar refractivity (Wildman–Crippen MR) is 51.9 cm³/mol. The first-order chi connectivity index (χ1) is 6.11. The Morgan fingerprint density at radius 2 is 2.15 bits per heavy atom. The standard InChI is InChI=1S/C10H17NO2/c1-4-5-10(13)11-9(6-7-12)8(2)3/h8-9,12H,6-7H2,1-3H3,(H,11,13). The lowest BCUT2D eigenvalue weighted by molar-refractivity contribution is -0.116. The summed E-state index contributed by atoms with van der Waals surface area (Å²) < 4.78 is 0. The fourth-order valence-electron chi connectivity index (χ4n) is 1.03. The molecule has 0 aromatic carbocycles. The Morgan fingerprint density at radius 3 is 2.54 bits per heavy atom. The Bertz CT molecular complexity index is 213. The molecule has 0 fully saturated rings. The maximum absolute atomic E-state index is 11.1. The van der Waals surface area contributed by atoms with Gasteiger partial charge in [-0.05, 0) is 25.2 Å². The van der Waals surface area contributed by atoms with E-state index in [-0.39, 0.29) is 18.6 Å². The molecule has 0 spiro atoms. The number of aliphatic hydroxyl groups excluding tert-OH is 1. The zero-order chi connectivity index (χ0) is 10.3. The summed E-state index contributed by atoms with van der Waals surface area (Å²) in [6.45, 7) is 5.71. The molecule has 1 atom stereocenters. The van der Waals surface area contributed by atoms with Crippen LogP contribution in [0.25, 0.3) is 0 Å². The van der Waals surface area contributed by atoms with Crippen LogP contribution in [0.1, 0.15) is 27.2 Å². The first-order valence-electron chi connectivity index (χ1n) is 4.46. The molecule has 0 heterocycles. The van der Waals surface area contributed by atoms with Gasteiger partial charge in [0.25, 0.3) is 5.91 Å². The van der Waals surface area contributed by atoms with E-state index in [1.807, 2.05) is 13.8 Å². The molecular weight excluding hydrogens is 166 g/mol. The Hall–Kier alpha value is -1.01. The van der Waals surface area contributed by atoms with Crippen LogP contribution in [0.15, 0.2) is 0 Å². The van der Waals surface area contributed by atoms with Crippen molar-refractivity contribution in [3.8, 4) is 11.8 Å². The number of rotatable bonds is 4. The number of hydrogen-bond acceptors (Lipinski definition) is 2. The van der Waals surface area contributed by atoms with E-state index >= 15 is 0 Å². The van der Waals surface area contributed by atoms with Gasteiger partial charge in [0.05, 0.1) is 0 Å². The van der Waals surface area contributed by atoms with Gasteiger partial charge < -0.3 is 10.4 Å². The first kappa shape index (κ1) is 12.0. The average molecular weight is 183 g/mol. The lowest BCUT2D eigenvalue weighted by Crippen LogP contribution is -2.38. The van der Waals surface area contributed by atoms with Crippen LogP contribution in [-0.2, 0) is 4.79 Å². The highest BCUT2D eigenvalue weighted by Crippen LogP contribution is 2.04. The summed E-state index contributed by atoms with van der Waals surface area (Å²) in [7, 11) is 0. The van der Waals surface area contributed by atoms with E-state index in [0.717, 1.165) is 0 Å². The van der Waals surface area contributed by atoms with E-state index in [9.17, 15) is 4.79 Å². The highest BCUT2D eigenvalue weighted by molar-refractivity contribution is 5.93. The van der Waals surface area contributed by atoms with Crippen molar-refractivity contribution in [3.05, 3.63) is 0 Å². The van der Waals surface area contributed by atoms with Gasteiger partial charge in [0.2, 0.25) is 0 Å². The second-order valence-corrected chi connectivity index (χ2v) is 3.21. The summed E-state index contributed by atoms with van der Waals surface area (Å²) in [5, 5.41) is 11.5. The van der Waals surface area contributed by atoms with Gasteiger partial charge in [0.1, 0.15) is 0 Å². The van der Waals surface area contributed by atoms with Crippen LogP contribution in [0.2, 0.25) is 0 Å². The molecule has 0 aromatic rings. The van der Waals surface area contributed by atoms with Crippen LogP contribution in [0, 0.1) is 17.8 Å². The summed E-state index contributed by atoms with van der Waals surface area (Å²) in [6.07, 6.45) is 0.578. The van der Waals surface area contributed by atoms with E-state index in [4.69, 9.17) is 5.11 Å². The third-order valence-corrected chi connectivity index (χ3v) is 1.80. The lowest BCUT2D eigenvalue weighted by atomic mass is 10.0. The second kappa shape index (κ2) is 6.50. The van der Waals surface area contributed by atoms with Crippen LogP contribution < -0.4 is 5.32 Å². The van der Waals surface area contributed by atoms with Crippen molar-refractivity contribution in [2.45, 2.75) is 33.2 Å². The zero-order valence-corrected chi connectivity index (χ0v) is 8.42. The van der Waals surface area contributed by atoms with Crippen LogP contribution in [0.4, 0.5) is 0 Å². The average Bonchev–Trinajstić information content (AvgIpc) is 2.04. The third-order valence-electron chi connectivity index (χ3n) is 1.80. The van der Waals surface area contributed by atoms with Gasteiger partial charge in [0, 0.05) is 12.6 Å². The monoisotopic (exact) mass is 183 g/mol. The lowest BCUT2D eigenvalue weighted by Gasteiger charge is -2.19. The van der Waals surface area contributed by atoms with Crippen molar-refractivity contribution >= 4 is 5.91 Å². The van der Waals surface area contributed by atoms with E-state index in [0.29, 0.717) is 12.3 Å². The Balaban J connectivity index is 4.06. The maximum atomic E-state index is 11.1. The molecule has 0 aliphatic heterocycles. The molecule has 1 unspecified atom stereocenters. The van der Waals surface area contributed by atoms with Crippen LogP contribution in [0.3, 0.4) is 0 Å². The van der Waals surface area contributed by atoms with Gasteiger partial charge in [-0.3, -0.25) is 4.79 Å². The number of carbonyl (C=O) groups is 1. The number of hydrogen-bond donors (Lipinski definition) is 2. The normalized spacial score (nSPS) is 11.8. The SMILES string of the molecule is CC#CC(=O)NC(CCO)C(C)C. The fourth-order valence-corrected chi connectivity index (χ4v) is 1.03. The summed E-state index contributed by atoms with van der Waals surface area (Å²) in [4.78, 5) is 11.1. The molecule has 0 aliphatic rings. The van der Waals surface area contributed by atoms with E-state index < -0.39 is 0 Å². The Kier molecular flexibility index (Phi) is 5.99. The zero-order valence-electron chi connectivity index (χ0n) is 8.42. The Morgan fingerprint density at radius 1 is 1.54 bits per heavy atom. The van der Waals surface area contributed by atoms with Crippen molar-refractivity contribution < 1.29 is 9.90 Å². The molecule has 13 heavy (non-hydrogen) atoms. The molecular formula is C10H17NO2. The molecule has 0 rings (SSSR count). The van der Waals surface area contributed by atoms with Gasteiger partial charge >= 0.3 is 0 Å². The van der Waals surface area contributed by atoms with Crippen LogP contribution in [0.5, 0.6) is 0 Å². The second-order valence-electron chi connectivity index (χ2n) is 3.21. The van der Waals surface area contributed by atoms with E-state index in [1.54, 1.807) is 6.92 Å². The summed E-state index contributed by atoms with van der Waals surface area (Å²) >= 11 is 0. The predicted octanol–water partition coefficient (Wildman–Crippen LogP) is 0.533. The van der Waals surface area contributed by atoms with Gasteiger partial charge in [-0.2, -0.15) is 0 Å². The molecule has 0 radical (unpaired) electrons. The van der Waals surface area contributed by atoms with Gasteiger partial charge in [-0.15, -0.1) is 0 Å². The number of carbonyl (C=O) groups excluding carboxylic acids is 1. The molecule has 3 heteroatoms. The van der Waals surface area contributed by atoms with Crippen molar-refractivity contribution in [1.82, 2.24) is 5.32 Å². The van der Waals surface area contributed by atoms with Gasteiger partial charge in [-0.25, -0.2) is 0 Å². The fraction of sp³-hybridized carbons (Fsp3) is 0.700. The minimum atomic E-state index is -0.269. The Labute approximate surface area is 79.5 Å². The molecule has 1 amide bonds. The minimum absolute atomic E-state index is 0.0124.